The van der Waals surface area contributed by atoms with Crippen LogP contribution in [0.2, 0.25) is 0 Å². The lowest BCUT2D eigenvalue weighted by Crippen LogP contribution is -2.61. The zero-order valence-corrected chi connectivity index (χ0v) is 11.5. The first-order chi connectivity index (χ1) is 9.23. The lowest BCUT2D eigenvalue weighted by Gasteiger charge is -2.53. The maximum atomic E-state index is 10.5. The van der Waals surface area contributed by atoms with Crippen molar-refractivity contribution in [2.24, 2.45) is 17.1 Å². The minimum absolute atomic E-state index is 0.0596. The van der Waals surface area contributed by atoms with E-state index in [2.05, 4.69) is 35.2 Å². The molecule has 0 spiro atoms. The van der Waals surface area contributed by atoms with Crippen LogP contribution in [0.5, 0.6) is 0 Å². The Morgan fingerprint density at radius 2 is 2.11 bits per heavy atom. The van der Waals surface area contributed by atoms with Gasteiger partial charge < -0.3 is 10.8 Å². The molecule has 0 unspecified atom stereocenters. The number of hydrogen-bond donors (Lipinski definition) is 2. The molecule has 2 bridgehead atoms. The van der Waals surface area contributed by atoms with Gasteiger partial charge in [0, 0.05) is 31.6 Å². The Morgan fingerprint density at radius 3 is 2.84 bits per heavy atom. The molecule has 1 aromatic carbocycles. The van der Waals surface area contributed by atoms with Crippen molar-refractivity contribution < 1.29 is 5.11 Å². The molecule has 0 aromatic heterocycles. The maximum Gasteiger partial charge on any atom is 0.0661 e. The van der Waals surface area contributed by atoms with Crippen molar-refractivity contribution in [1.82, 2.24) is 4.90 Å². The van der Waals surface area contributed by atoms with Gasteiger partial charge in [0.1, 0.15) is 0 Å². The first-order valence-corrected chi connectivity index (χ1v) is 7.38. The second-order valence-corrected chi connectivity index (χ2v) is 6.32. The molecule has 1 aliphatic heterocycles. The summed E-state index contributed by atoms with van der Waals surface area (Å²) in [6, 6.07) is 10.6. The summed E-state index contributed by atoms with van der Waals surface area (Å²) in [5, 5.41) is 10.5. The van der Waals surface area contributed by atoms with E-state index in [1.54, 1.807) is 0 Å². The summed E-state index contributed by atoms with van der Waals surface area (Å²) in [7, 11) is 0. The second kappa shape index (κ2) is 5.23. The van der Waals surface area contributed by atoms with Crippen LogP contribution in [0.15, 0.2) is 30.3 Å². The molecule has 3 atom stereocenters. The number of fused-ring (bicyclic) bond motifs is 2. The fourth-order valence-electron chi connectivity index (χ4n) is 3.98. The van der Waals surface area contributed by atoms with Gasteiger partial charge in [-0.15, -0.1) is 0 Å². The predicted molar refractivity (Wildman–Crippen MR) is 76.6 cm³/mol. The van der Waals surface area contributed by atoms with Crippen molar-refractivity contribution in [2.75, 3.05) is 19.6 Å². The van der Waals surface area contributed by atoms with Gasteiger partial charge in [0.2, 0.25) is 0 Å². The van der Waals surface area contributed by atoms with Gasteiger partial charge in [0.25, 0.3) is 0 Å². The number of aliphatic hydroxyl groups excluding tert-OH is 1. The highest BCUT2D eigenvalue weighted by Gasteiger charge is 2.48. The molecule has 3 rings (SSSR count). The van der Waals surface area contributed by atoms with Crippen LogP contribution in [0.25, 0.3) is 0 Å². The lowest BCUT2D eigenvalue weighted by molar-refractivity contribution is -0.111. The van der Waals surface area contributed by atoms with Crippen molar-refractivity contribution in [1.29, 1.82) is 0 Å². The van der Waals surface area contributed by atoms with Crippen LogP contribution in [0.3, 0.4) is 0 Å². The van der Waals surface area contributed by atoms with Crippen LogP contribution >= 0.6 is 0 Å². The van der Waals surface area contributed by atoms with Gasteiger partial charge in [-0.2, -0.15) is 0 Å². The zero-order valence-electron chi connectivity index (χ0n) is 11.5. The van der Waals surface area contributed by atoms with Crippen molar-refractivity contribution in [2.45, 2.75) is 31.9 Å². The summed E-state index contributed by atoms with van der Waals surface area (Å²) in [6.45, 7) is 3.54. The first-order valence-electron chi connectivity index (χ1n) is 7.38. The van der Waals surface area contributed by atoms with Gasteiger partial charge in [0.15, 0.2) is 0 Å². The normalized spacial score (nSPS) is 35.3. The number of hydrogen-bond acceptors (Lipinski definition) is 3. The SMILES string of the molecule is NC[C@@]12CCC[C@H](CN(Cc3ccccc3)C1)[C@@H]2O. The summed E-state index contributed by atoms with van der Waals surface area (Å²) in [6.07, 6.45) is 3.25. The smallest absolute Gasteiger partial charge is 0.0661 e. The third-order valence-electron chi connectivity index (χ3n) is 5.01. The van der Waals surface area contributed by atoms with Gasteiger partial charge in [-0.25, -0.2) is 0 Å². The zero-order chi connectivity index (χ0) is 13.3. The second-order valence-electron chi connectivity index (χ2n) is 6.32. The van der Waals surface area contributed by atoms with Gasteiger partial charge >= 0.3 is 0 Å². The average Bonchev–Trinajstić information content (AvgIpc) is 2.42. The molecule has 19 heavy (non-hydrogen) atoms. The standard InChI is InChI=1S/C16H24N2O/c17-11-16-8-4-7-14(15(16)19)10-18(12-16)9-13-5-2-1-3-6-13/h1-3,5-6,14-15,19H,4,7-12,17H2/t14-,15+,16+/m1/s1. The van der Waals surface area contributed by atoms with E-state index in [0.29, 0.717) is 12.5 Å². The van der Waals surface area contributed by atoms with Crippen LogP contribution in [0.1, 0.15) is 24.8 Å². The summed E-state index contributed by atoms with van der Waals surface area (Å²) < 4.78 is 0. The van der Waals surface area contributed by atoms with Crippen LogP contribution in [0, 0.1) is 11.3 Å². The summed E-state index contributed by atoms with van der Waals surface area (Å²) in [4.78, 5) is 2.48. The molecule has 0 radical (unpaired) electrons. The molecule has 1 saturated carbocycles. The number of piperidine rings is 1. The largest absolute Gasteiger partial charge is 0.392 e. The average molecular weight is 260 g/mol. The molecular weight excluding hydrogens is 236 g/mol. The van der Waals surface area contributed by atoms with Gasteiger partial charge in [-0.1, -0.05) is 36.8 Å². The fourth-order valence-corrected chi connectivity index (χ4v) is 3.98. The predicted octanol–water partition coefficient (Wildman–Crippen LogP) is 1.61. The first kappa shape index (κ1) is 13.1. The highest BCUT2D eigenvalue weighted by Crippen LogP contribution is 2.43. The van der Waals surface area contributed by atoms with Crippen molar-refractivity contribution in [3.8, 4) is 0 Å². The molecule has 104 valence electrons. The molecule has 3 nitrogen and oxygen atoms in total. The minimum Gasteiger partial charge on any atom is -0.392 e. The minimum atomic E-state index is -0.196. The molecule has 1 saturated heterocycles. The Labute approximate surface area is 115 Å². The number of nitrogens with two attached hydrogens (primary N) is 1. The Balaban J connectivity index is 1.75. The molecular formula is C16H24N2O. The molecule has 3 N–H and O–H groups in total. The van der Waals surface area contributed by atoms with E-state index < -0.39 is 0 Å². The summed E-state index contributed by atoms with van der Waals surface area (Å²) in [5.74, 6) is 0.412. The van der Waals surface area contributed by atoms with Crippen LogP contribution < -0.4 is 5.73 Å². The Kier molecular flexibility index (Phi) is 3.61. The molecule has 2 aliphatic rings. The summed E-state index contributed by atoms with van der Waals surface area (Å²) >= 11 is 0. The molecule has 1 heterocycles. The third-order valence-corrected chi connectivity index (χ3v) is 5.01. The van der Waals surface area contributed by atoms with E-state index in [1.165, 1.54) is 12.0 Å². The highest BCUT2D eigenvalue weighted by molar-refractivity contribution is 5.15. The molecule has 0 amide bonds. The van der Waals surface area contributed by atoms with Crippen LogP contribution in [0.4, 0.5) is 0 Å². The number of benzene rings is 1. The van der Waals surface area contributed by atoms with Gasteiger partial charge in [-0.3, -0.25) is 4.90 Å². The fraction of sp³-hybridized carbons (Fsp3) is 0.625. The van der Waals surface area contributed by atoms with Crippen molar-refractivity contribution in [3.63, 3.8) is 0 Å². The van der Waals surface area contributed by atoms with E-state index in [4.69, 9.17) is 5.73 Å². The Bertz CT molecular complexity index is 422. The van der Waals surface area contributed by atoms with E-state index in [1.807, 2.05) is 0 Å². The Hall–Kier alpha value is -0.900. The Morgan fingerprint density at radius 1 is 1.32 bits per heavy atom. The number of likely N-dealkylation sites (tertiary alicyclic amines) is 1. The summed E-state index contributed by atoms with van der Waals surface area (Å²) in [5.41, 5.74) is 7.30. The third kappa shape index (κ3) is 2.42. The molecule has 1 aromatic rings. The van der Waals surface area contributed by atoms with Crippen molar-refractivity contribution in [3.05, 3.63) is 35.9 Å². The van der Waals surface area contributed by atoms with Gasteiger partial charge in [0.05, 0.1) is 6.10 Å². The van der Waals surface area contributed by atoms with Gasteiger partial charge in [-0.05, 0) is 24.3 Å². The monoisotopic (exact) mass is 260 g/mol. The van der Waals surface area contributed by atoms with E-state index in [0.717, 1.165) is 32.5 Å². The lowest BCUT2D eigenvalue weighted by atomic mass is 9.64. The number of rotatable bonds is 3. The maximum absolute atomic E-state index is 10.5. The quantitative estimate of drug-likeness (QED) is 0.868. The van der Waals surface area contributed by atoms with E-state index >= 15 is 0 Å². The number of aliphatic hydroxyl groups is 1. The molecule has 1 aliphatic carbocycles. The van der Waals surface area contributed by atoms with E-state index in [9.17, 15) is 5.11 Å². The van der Waals surface area contributed by atoms with Crippen molar-refractivity contribution >= 4 is 0 Å². The topological polar surface area (TPSA) is 49.5 Å². The molecule has 2 fully saturated rings. The highest BCUT2D eigenvalue weighted by atomic mass is 16.3. The van der Waals surface area contributed by atoms with Crippen LogP contribution in [-0.4, -0.2) is 35.7 Å². The van der Waals surface area contributed by atoms with E-state index in [-0.39, 0.29) is 11.5 Å². The van der Waals surface area contributed by atoms with Crippen LogP contribution in [-0.2, 0) is 6.54 Å². The number of nitrogens with zero attached hydrogens (tertiary/aromatic N) is 1. The molecule has 3 heteroatoms.